The van der Waals surface area contributed by atoms with Crippen LogP contribution < -0.4 is 10.6 Å². The van der Waals surface area contributed by atoms with Gasteiger partial charge in [-0.15, -0.1) is 0 Å². The van der Waals surface area contributed by atoms with Crippen molar-refractivity contribution in [2.75, 3.05) is 23.7 Å². The second-order valence-corrected chi connectivity index (χ2v) is 10.4. The number of rotatable bonds is 8. The van der Waals surface area contributed by atoms with E-state index in [1.165, 1.54) is 18.3 Å². The highest BCUT2D eigenvalue weighted by atomic mass is 35.5. The maximum absolute atomic E-state index is 11.7. The van der Waals surface area contributed by atoms with Gasteiger partial charge in [-0.2, -0.15) is 5.10 Å². The van der Waals surface area contributed by atoms with Crippen LogP contribution >= 0.6 is 22.9 Å². The minimum Gasteiger partial charge on any atom is -0.361 e. The number of carbonyl (C=O) groups is 1. The Kier molecular flexibility index (Phi) is 7.25. The Bertz CT molecular complexity index is 1420. The van der Waals surface area contributed by atoms with Gasteiger partial charge in [0.25, 0.3) is 0 Å². The standard InChI is InChI=1S/C26H28ClN7O2S/c1-15(6-4-11-28-3)22-18-8-9-20-24(37-25(31-20)29-16(2)35)23(18)34(32-22)21-10-7-17(14-19(21)27)30-26(36)33-12-5-13-33/h4,6-7,10-11,14,26,30,36H,3,5,8-9,12-13H2,1-2H3,(H,29,31,35)/b11-4-,15-6+. The molecule has 2 aromatic heterocycles. The zero-order valence-corrected chi connectivity index (χ0v) is 22.2. The van der Waals surface area contributed by atoms with E-state index in [0.29, 0.717) is 15.8 Å². The third-order valence-corrected chi connectivity index (χ3v) is 7.73. The lowest BCUT2D eigenvalue weighted by Crippen LogP contribution is -2.48. The summed E-state index contributed by atoms with van der Waals surface area (Å²) in [5.41, 5.74) is 6.24. The molecule has 1 saturated heterocycles. The number of amides is 1. The van der Waals surface area contributed by atoms with Gasteiger partial charge >= 0.3 is 0 Å². The topological polar surface area (TPSA) is 108 Å². The molecule has 0 radical (unpaired) electrons. The Hall–Kier alpha value is -3.31. The number of anilines is 2. The van der Waals surface area contributed by atoms with Crippen LogP contribution in [0.25, 0.3) is 21.8 Å². The highest BCUT2D eigenvalue weighted by Gasteiger charge is 2.30. The van der Waals surface area contributed by atoms with Gasteiger partial charge in [0.2, 0.25) is 5.91 Å². The van der Waals surface area contributed by atoms with Gasteiger partial charge in [0.15, 0.2) is 11.5 Å². The second kappa shape index (κ2) is 10.6. The number of carbonyl (C=O) groups excluding carboxylic acids is 1. The lowest BCUT2D eigenvalue weighted by molar-refractivity contribution is -0.114. The average Bonchev–Trinajstić information content (AvgIpc) is 3.38. The molecule has 1 amide bonds. The molecule has 5 rings (SSSR count). The molecule has 1 aromatic carbocycles. The molecule has 9 nitrogen and oxygen atoms in total. The van der Waals surface area contributed by atoms with Crippen LogP contribution in [0, 0.1) is 0 Å². The van der Waals surface area contributed by atoms with Crippen LogP contribution in [0.15, 0.2) is 41.5 Å². The average molecular weight is 538 g/mol. The van der Waals surface area contributed by atoms with Crippen LogP contribution in [-0.4, -0.2) is 56.8 Å². The number of aliphatic hydroxyl groups excluding tert-OH is 1. The van der Waals surface area contributed by atoms with Gasteiger partial charge in [0, 0.05) is 37.5 Å². The molecular weight excluding hydrogens is 510 g/mol. The first-order valence-corrected chi connectivity index (χ1v) is 13.2. The molecular formula is C26H28ClN7O2S. The van der Waals surface area contributed by atoms with E-state index in [1.807, 2.05) is 40.8 Å². The molecule has 1 aliphatic carbocycles. The fraction of sp³-hybridized carbons (Fsp3) is 0.308. The lowest BCUT2D eigenvalue weighted by atomic mass is 9.95. The summed E-state index contributed by atoms with van der Waals surface area (Å²) in [5.74, 6) is -0.159. The molecule has 1 unspecified atom stereocenters. The highest BCUT2D eigenvalue weighted by molar-refractivity contribution is 7.19. The monoisotopic (exact) mass is 537 g/mol. The predicted molar refractivity (Wildman–Crippen MR) is 150 cm³/mol. The van der Waals surface area contributed by atoms with Crippen molar-refractivity contribution < 1.29 is 9.90 Å². The molecule has 3 heterocycles. The number of fused-ring (bicyclic) bond motifs is 3. The SMILES string of the molecule is C=N/C=C\C=C(/C)c1nn(-c2ccc(NC(O)N3CCC3)cc2Cl)c2c1CCc1nc(NC(C)=O)sc1-2. The van der Waals surface area contributed by atoms with Gasteiger partial charge in [0.05, 0.1) is 32.7 Å². The summed E-state index contributed by atoms with van der Waals surface area (Å²) in [4.78, 5) is 23.0. The van der Waals surface area contributed by atoms with Crippen molar-refractivity contribution in [2.24, 2.45) is 4.99 Å². The van der Waals surface area contributed by atoms with E-state index in [2.05, 4.69) is 27.3 Å². The Morgan fingerprint density at radius 3 is 2.81 bits per heavy atom. The molecule has 0 spiro atoms. The number of thiazole rings is 1. The Morgan fingerprint density at radius 1 is 1.32 bits per heavy atom. The maximum Gasteiger partial charge on any atom is 0.223 e. The summed E-state index contributed by atoms with van der Waals surface area (Å²) in [6, 6.07) is 5.58. The fourth-order valence-electron chi connectivity index (χ4n) is 4.49. The summed E-state index contributed by atoms with van der Waals surface area (Å²) >= 11 is 8.24. The van der Waals surface area contributed by atoms with Crippen LogP contribution in [0.3, 0.4) is 0 Å². The molecule has 0 saturated carbocycles. The largest absolute Gasteiger partial charge is 0.361 e. The van der Waals surface area contributed by atoms with Gasteiger partial charge in [-0.05, 0) is 62.8 Å². The van der Waals surface area contributed by atoms with Gasteiger partial charge in [-0.25, -0.2) is 9.67 Å². The molecule has 37 heavy (non-hydrogen) atoms. The number of benzene rings is 1. The van der Waals surface area contributed by atoms with Gasteiger partial charge in [-0.3, -0.25) is 14.7 Å². The smallest absolute Gasteiger partial charge is 0.223 e. The van der Waals surface area contributed by atoms with Crippen molar-refractivity contribution in [3.8, 4) is 16.3 Å². The van der Waals surface area contributed by atoms with E-state index >= 15 is 0 Å². The third kappa shape index (κ3) is 5.10. The van der Waals surface area contributed by atoms with Crippen molar-refractivity contribution in [3.05, 3.63) is 58.5 Å². The first-order valence-electron chi connectivity index (χ1n) is 12.0. The van der Waals surface area contributed by atoms with Crippen LogP contribution in [0.1, 0.15) is 37.2 Å². The minimum absolute atomic E-state index is 0.159. The number of halogens is 1. The van der Waals surface area contributed by atoms with Gasteiger partial charge in [0.1, 0.15) is 0 Å². The Labute approximate surface area is 224 Å². The molecule has 0 bridgehead atoms. The molecule has 1 fully saturated rings. The van der Waals surface area contributed by atoms with E-state index < -0.39 is 6.35 Å². The molecule has 1 atom stereocenters. The van der Waals surface area contributed by atoms with Gasteiger partial charge < -0.3 is 15.7 Å². The van der Waals surface area contributed by atoms with Crippen LogP contribution in [-0.2, 0) is 17.6 Å². The van der Waals surface area contributed by atoms with Crippen LogP contribution in [0.5, 0.6) is 0 Å². The van der Waals surface area contributed by atoms with E-state index in [-0.39, 0.29) is 5.91 Å². The molecule has 192 valence electrons. The zero-order chi connectivity index (χ0) is 26.1. The van der Waals surface area contributed by atoms with Crippen LogP contribution in [0.4, 0.5) is 10.8 Å². The fourth-order valence-corrected chi connectivity index (χ4v) is 5.86. The summed E-state index contributed by atoms with van der Waals surface area (Å²) < 4.78 is 1.86. The third-order valence-electron chi connectivity index (χ3n) is 6.41. The zero-order valence-electron chi connectivity index (χ0n) is 20.7. The Balaban J connectivity index is 1.59. The van der Waals surface area contributed by atoms with Crippen molar-refractivity contribution in [1.82, 2.24) is 19.7 Å². The Morgan fingerprint density at radius 2 is 2.14 bits per heavy atom. The van der Waals surface area contributed by atoms with Crippen molar-refractivity contribution in [3.63, 3.8) is 0 Å². The predicted octanol–water partition coefficient (Wildman–Crippen LogP) is 4.72. The highest BCUT2D eigenvalue weighted by Crippen LogP contribution is 2.44. The molecule has 11 heteroatoms. The molecule has 2 aliphatic rings. The lowest BCUT2D eigenvalue weighted by Gasteiger charge is -2.35. The number of aromatic nitrogens is 3. The van der Waals surface area contributed by atoms with Crippen molar-refractivity contribution in [2.45, 2.75) is 39.5 Å². The number of hydrogen-bond acceptors (Lipinski definition) is 8. The van der Waals surface area contributed by atoms with Crippen molar-refractivity contribution >= 4 is 52.0 Å². The van der Waals surface area contributed by atoms with Gasteiger partial charge in [-0.1, -0.05) is 29.0 Å². The molecule has 1 aliphatic heterocycles. The number of nitrogens with zero attached hydrogens (tertiary/aromatic N) is 5. The summed E-state index contributed by atoms with van der Waals surface area (Å²) in [6.07, 6.45) is 7.26. The summed E-state index contributed by atoms with van der Waals surface area (Å²) in [5, 5.41) is 22.4. The normalized spacial score (nSPS) is 16.2. The van der Waals surface area contributed by atoms with Crippen LogP contribution in [0.2, 0.25) is 5.02 Å². The number of aliphatic imine (C=N–C) groups is 1. The van der Waals surface area contributed by atoms with E-state index in [1.54, 1.807) is 12.3 Å². The summed E-state index contributed by atoms with van der Waals surface area (Å²) in [7, 11) is 0. The van der Waals surface area contributed by atoms with E-state index in [0.717, 1.165) is 71.1 Å². The number of allylic oxidation sites excluding steroid dienone is 3. The molecule has 3 aromatic rings. The molecule has 3 N–H and O–H groups in total. The first kappa shape index (κ1) is 25.3. The van der Waals surface area contributed by atoms with Crippen molar-refractivity contribution in [1.29, 1.82) is 0 Å². The number of hydrogen-bond donors (Lipinski definition) is 3. The minimum atomic E-state index is -0.752. The van der Waals surface area contributed by atoms with E-state index in [4.69, 9.17) is 16.7 Å². The number of aliphatic hydroxyl groups is 1. The summed E-state index contributed by atoms with van der Waals surface area (Å²) in [6.45, 7) is 8.70. The second-order valence-electron chi connectivity index (χ2n) is 9.01. The number of nitrogens with one attached hydrogen (secondary N) is 2. The number of likely N-dealkylation sites (tertiary alicyclic amines) is 1. The number of aryl methyl sites for hydroxylation is 1. The van der Waals surface area contributed by atoms with E-state index in [9.17, 15) is 9.90 Å². The first-order chi connectivity index (χ1) is 17.9. The maximum atomic E-state index is 11.7. The quantitative estimate of drug-likeness (QED) is 0.218.